The van der Waals surface area contributed by atoms with Crippen LogP contribution in [0.1, 0.15) is 44.2 Å². The average molecular weight is 495 g/mol. The van der Waals surface area contributed by atoms with Gasteiger partial charge in [0, 0.05) is 5.92 Å². The van der Waals surface area contributed by atoms with Crippen LogP contribution in [0.15, 0.2) is 61.2 Å². The number of alkyl carbamates (subject to hydrolysis) is 1. The molecule has 1 aliphatic rings. The molecule has 0 fully saturated rings. The highest BCUT2D eigenvalue weighted by Crippen LogP contribution is 2.44. The van der Waals surface area contributed by atoms with Gasteiger partial charge in [-0.05, 0) is 35.1 Å². The lowest BCUT2D eigenvalue weighted by Gasteiger charge is -2.28. The number of esters is 1. The van der Waals surface area contributed by atoms with Gasteiger partial charge in [-0.25, -0.2) is 4.79 Å². The standard InChI is InChI=1S/C28H34N2O6/c1-5-14-35-25(32)15-24(31)26(17(2)3)30-27(33)18(4)29-28(34)36-16-23-21-12-8-6-10-19(21)20-11-7-9-13-22(20)23/h5-13,17-18,23-24,26,31H,1,14-16H2,2-4H3,(H,29,34)(H,30,33)/t18?,24-,26+/m0/s1. The summed E-state index contributed by atoms with van der Waals surface area (Å²) in [5.41, 5.74) is 4.44. The second-order valence-electron chi connectivity index (χ2n) is 9.21. The van der Waals surface area contributed by atoms with Gasteiger partial charge in [-0.2, -0.15) is 0 Å². The van der Waals surface area contributed by atoms with Gasteiger partial charge in [0.1, 0.15) is 19.3 Å². The third-order valence-electron chi connectivity index (χ3n) is 6.25. The Morgan fingerprint density at radius 2 is 1.56 bits per heavy atom. The number of carbonyl (C=O) groups excluding carboxylic acids is 3. The molecule has 0 aromatic heterocycles. The van der Waals surface area contributed by atoms with Gasteiger partial charge >= 0.3 is 12.1 Å². The van der Waals surface area contributed by atoms with Crippen molar-refractivity contribution in [2.45, 2.75) is 51.3 Å². The molecule has 0 heterocycles. The third kappa shape index (κ3) is 6.51. The van der Waals surface area contributed by atoms with Crippen LogP contribution in [0.4, 0.5) is 4.79 Å². The van der Waals surface area contributed by atoms with Gasteiger partial charge < -0.3 is 25.2 Å². The molecule has 3 rings (SSSR count). The molecule has 36 heavy (non-hydrogen) atoms. The predicted octanol–water partition coefficient (Wildman–Crippen LogP) is 3.53. The molecule has 2 aromatic carbocycles. The topological polar surface area (TPSA) is 114 Å². The van der Waals surface area contributed by atoms with Gasteiger partial charge in [0.05, 0.1) is 18.6 Å². The fourth-order valence-corrected chi connectivity index (χ4v) is 4.39. The molecule has 192 valence electrons. The molecule has 0 radical (unpaired) electrons. The molecule has 0 saturated heterocycles. The third-order valence-corrected chi connectivity index (χ3v) is 6.25. The van der Waals surface area contributed by atoms with Gasteiger partial charge in [0.2, 0.25) is 5.91 Å². The number of fused-ring (bicyclic) bond motifs is 3. The van der Waals surface area contributed by atoms with Gasteiger partial charge in [-0.3, -0.25) is 9.59 Å². The maximum Gasteiger partial charge on any atom is 0.407 e. The van der Waals surface area contributed by atoms with E-state index in [1.807, 2.05) is 50.2 Å². The van der Waals surface area contributed by atoms with Crippen LogP contribution in [0.3, 0.4) is 0 Å². The first-order valence-electron chi connectivity index (χ1n) is 12.1. The van der Waals surface area contributed by atoms with Gasteiger partial charge in [-0.15, -0.1) is 0 Å². The molecule has 2 amide bonds. The molecule has 0 saturated carbocycles. The van der Waals surface area contributed by atoms with E-state index in [2.05, 4.69) is 29.3 Å². The van der Waals surface area contributed by atoms with Crippen molar-refractivity contribution in [2.75, 3.05) is 13.2 Å². The van der Waals surface area contributed by atoms with Crippen LogP contribution >= 0.6 is 0 Å². The summed E-state index contributed by atoms with van der Waals surface area (Å²) >= 11 is 0. The van der Waals surface area contributed by atoms with E-state index < -0.39 is 36.2 Å². The second-order valence-corrected chi connectivity index (χ2v) is 9.21. The molecular formula is C28H34N2O6. The van der Waals surface area contributed by atoms with Crippen molar-refractivity contribution in [3.8, 4) is 11.1 Å². The van der Waals surface area contributed by atoms with E-state index in [-0.39, 0.29) is 31.5 Å². The number of nitrogens with one attached hydrogen (secondary N) is 2. The summed E-state index contributed by atoms with van der Waals surface area (Å²) in [6, 6.07) is 14.4. The molecule has 3 N–H and O–H groups in total. The fourth-order valence-electron chi connectivity index (χ4n) is 4.39. The Bertz CT molecular complexity index is 1050. The van der Waals surface area contributed by atoms with Crippen molar-refractivity contribution >= 4 is 18.0 Å². The second kappa shape index (κ2) is 12.4. The maximum absolute atomic E-state index is 12.7. The Hall–Kier alpha value is -3.65. The first-order valence-corrected chi connectivity index (χ1v) is 12.1. The minimum Gasteiger partial charge on any atom is -0.461 e. The number of aliphatic hydroxyl groups excluding tert-OH is 1. The quantitative estimate of drug-likeness (QED) is 0.325. The summed E-state index contributed by atoms with van der Waals surface area (Å²) in [6.07, 6.45) is -0.699. The number of hydrogen-bond acceptors (Lipinski definition) is 6. The van der Waals surface area contributed by atoms with E-state index in [0.29, 0.717) is 0 Å². The summed E-state index contributed by atoms with van der Waals surface area (Å²) in [7, 11) is 0. The Morgan fingerprint density at radius 1 is 0.972 bits per heavy atom. The van der Waals surface area contributed by atoms with Crippen LogP contribution in [0, 0.1) is 5.92 Å². The Morgan fingerprint density at radius 3 is 2.11 bits per heavy atom. The van der Waals surface area contributed by atoms with Crippen molar-refractivity contribution in [3.05, 3.63) is 72.3 Å². The molecular weight excluding hydrogens is 460 g/mol. The minimum absolute atomic E-state index is 0.0470. The van der Waals surface area contributed by atoms with E-state index >= 15 is 0 Å². The number of benzene rings is 2. The number of aliphatic hydroxyl groups is 1. The Labute approximate surface area is 211 Å². The molecule has 2 aromatic rings. The molecule has 8 heteroatoms. The monoisotopic (exact) mass is 494 g/mol. The van der Waals surface area contributed by atoms with Crippen molar-refractivity contribution in [1.82, 2.24) is 10.6 Å². The highest BCUT2D eigenvalue weighted by atomic mass is 16.5. The highest BCUT2D eigenvalue weighted by molar-refractivity contribution is 5.85. The van der Waals surface area contributed by atoms with Crippen LogP contribution in [-0.4, -0.2) is 54.5 Å². The van der Waals surface area contributed by atoms with E-state index in [4.69, 9.17) is 9.47 Å². The number of carbonyl (C=O) groups is 3. The first-order chi connectivity index (χ1) is 17.2. The molecule has 1 unspecified atom stereocenters. The SMILES string of the molecule is C=CCOC(=O)C[C@H](O)[C@H](NC(=O)C(C)NC(=O)OCC1c2ccccc2-c2ccccc21)C(C)C. The lowest BCUT2D eigenvalue weighted by Crippen LogP contribution is -2.53. The normalized spacial score (nSPS) is 14.7. The smallest absolute Gasteiger partial charge is 0.407 e. The highest BCUT2D eigenvalue weighted by Gasteiger charge is 2.31. The van der Waals surface area contributed by atoms with Crippen molar-refractivity contribution < 1.29 is 29.0 Å². The summed E-state index contributed by atoms with van der Waals surface area (Å²) in [5, 5.41) is 15.7. The number of hydrogen-bond donors (Lipinski definition) is 3. The van der Waals surface area contributed by atoms with Crippen molar-refractivity contribution in [3.63, 3.8) is 0 Å². The van der Waals surface area contributed by atoms with Crippen molar-refractivity contribution in [1.29, 1.82) is 0 Å². The van der Waals surface area contributed by atoms with Gasteiger partial charge in [0.25, 0.3) is 0 Å². The van der Waals surface area contributed by atoms with Gasteiger partial charge in [0.15, 0.2) is 0 Å². The maximum atomic E-state index is 12.7. The molecule has 8 nitrogen and oxygen atoms in total. The Kier molecular flexibility index (Phi) is 9.25. The zero-order chi connectivity index (χ0) is 26.2. The van der Waals surface area contributed by atoms with Crippen molar-refractivity contribution in [2.24, 2.45) is 5.92 Å². The molecule has 3 atom stereocenters. The van der Waals surface area contributed by atoms with E-state index in [0.717, 1.165) is 22.3 Å². The predicted molar refractivity (Wildman–Crippen MR) is 136 cm³/mol. The lowest BCUT2D eigenvalue weighted by molar-refractivity contribution is -0.145. The number of amides is 2. The molecule has 0 aliphatic heterocycles. The number of ether oxygens (including phenoxy) is 2. The molecule has 1 aliphatic carbocycles. The van der Waals surface area contributed by atoms with E-state index in [1.54, 1.807) is 0 Å². The molecule has 0 spiro atoms. The lowest BCUT2D eigenvalue weighted by atomic mass is 9.96. The van der Waals surface area contributed by atoms with E-state index in [1.165, 1.54) is 13.0 Å². The molecule has 0 bridgehead atoms. The van der Waals surface area contributed by atoms with Crippen LogP contribution < -0.4 is 10.6 Å². The summed E-state index contributed by atoms with van der Waals surface area (Å²) in [6.45, 7) is 8.80. The largest absolute Gasteiger partial charge is 0.461 e. The van der Waals surface area contributed by atoms with Crippen LogP contribution in [0.2, 0.25) is 0 Å². The minimum atomic E-state index is -1.15. The summed E-state index contributed by atoms with van der Waals surface area (Å²) in [5.74, 6) is -1.35. The van der Waals surface area contributed by atoms with Gasteiger partial charge in [-0.1, -0.05) is 75.0 Å². The van der Waals surface area contributed by atoms with E-state index in [9.17, 15) is 19.5 Å². The Balaban J connectivity index is 1.54. The van der Waals surface area contributed by atoms with Crippen LogP contribution in [0.25, 0.3) is 11.1 Å². The fraction of sp³-hybridized carbons (Fsp3) is 0.393. The number of rotatable bonds is 11. The first kappa shape index (κ1) is 26.9. The zero-order valence-corrected chi connectivity index (χ0v) is 20.9. The summed E-state index contributed by atoms with van der Waals surface area (Å²) in [4.78, 5) is 37.1. The zero-order valence-electron chi connectivity index (χ0n) is 20.9. The van der Waals surface area contributed by atoms with Crippen LogP contribution in [0.5, 0.6) is 0 Å². The van der Waals surface area contributed by atoms with Crippen LogP contribution in [-0.2, 0) is 19.1 Å². The average Bonchev–Trinajstić information content (AvgIpc) is 3.17. The summed E-state index contributed by atoms with van der Waals surface area (Å²) < 4.78 is 10.4.